The lowest BCUT2D eigenvalue weighted by Crippen LogP contribution is -2.78. The highest BCUT2D eigenvalue weighted by atomic mass is 28.3. The quantitative estimate of drug-likeness (QED) is 0.160. The van der Waals surface area contributed by atoms with Crippen LogP contribution in [0.25, 0.3) is 43.7 Å². The first kappa shape index (κ1) is 34.0. The first-order valence-corrected chi connectivity index (χ1v) is 22.9. The highest BCUT2D eigenvalue weighted by Gasteiger charge is 2.53. The summed E-state index contributed by atoms with van der Waals surface area (Å²) < 4.78 is 2.75. The summed E-state index contributed by atoms with van der Waals surface area (Å²) in [5.74, 6) is 0. The Bertz CT molecular complexity index is 3160. The fourth-order valence-corrected chi connectivity index (χ4v) is 16.2. The third kappa shape index (κ3) is 4.28. The number of rotatable bonds is 2. The molecule has 3 aliphatic heterocycles. The monoisotopic (exact) mass is 760 g/mol. The lowest BCUT2D eigenvalue weighted by molar-refractivity contribution is 0.590. The van der Waals surface area contributed by atoms with Gasteiger partial charge in [0.1, 0.15) is 0 Å². The average molecular weight is 761 g/mol. The number of hydrogen-bond donors (Lipinski definition) is 0. The Labute approximate surface area is 342 Å². The van der Waals surface area contributed by atoms with Gasteiger partial charge >= 0.3 is 6.85 Å². The predicted octanol–water partition coefficient (Wildman–Crippen LogP) is 9.65. The van der Waals surface area contributed by atoms with Crippen molar-refractivity contribution in [1.82, 2.24) is 4.48 Å². The van der Waals surface area contributed by atoms with E-state index in [2.05, 4.69) is 215 Å². The molecule has 0 radical (unpaired) electrons. The average Bonchev–Trinajstić information content (AvgIpc) is 3.56. The van der Waals surface area contributed by atoms with Crippen LogP contribution >= 0.6 is 0 Å². The van der Waals surface area contributed by atoms with Crippen LogP contribution in [0.3, 0.4) is 0 Å². The summed E-state index contributed by atoms with van der Waals surface area (Å²) in [7, 11) is -2.84. The molecule has 9 aromatic rings. The van der Waals surface area contributed by atoms with Gasteiger partial charge in [0.25, 0.3) is 0 Å². The molecule has 278 valence electrons. The summed E-state index contributed by atoms with van der Waals surface area (Å²) in [5, 5.41) is 11.0. The summed E-state index contributed by atoms with van der Waals surface area (Å²) in [6.45, 7) is 14.1. The van der Waals surface area contributed by atoms with Crippen LogP contribution in [0.1, 0.15) is 52.7 Å². The van der Waals surface area contributed by atoms with E-state index in [0.717, 1.165) is 0 Å². The molecule has 1 aromatic heterocycles. The van der Waals surface area contributed by atoms with Gasteiger partial charge in [0.05, 0.1) is 5.69 Å². The van der Waals surface area contributed by atoms with E-state index in [4.69, 9.17) is 0 Å². The van der Waals surface area contributed by atoms with Gasteiger partial charge in [-0.1, -0.05) is 169 Å². The second kappa shape index (κ2) is 11.5. The molecule has 0 amide bonds. The second-order valence-corrected chi connectivity index (χ2v) is 22.6. The van der Waals surface area contributed by atoms with E-state index in [0.29, 0.717) is 0 Å². The normalized spacial score (nSPS) is 14.8. The van der Waals surface area contributed by atoms with Gasteiger partial charge in [0.15, 0.2) is 8.07 Å². The van der Waals surface area contributed by atoms with Crippen LogP contribution in [0.2, 0.25) is 0 Å². The van der Waals surface area contributed by atoms with Gasteiger partial charge in [-0.3, -0.25) is 0 Å². The lowest BCUT2D eigenvalue weighted by atomic mass is 9.44. The molecule has 58 heavy (non-hydrogen) atoms. The molecule has 0 fully saturated rings. The third-order valence-electron chi connectivity index (χ3n) is 13.7. The maximum atomic E-state index is 2.75. The maximum Gasteiger partial charge on any atom is 0.333 e. The van der Waals surface area contributed by atoms with Gasteiger partial charge in [-0.2, -0.15) is 0 Å². The Morgan fingerprint density at radius 2 is 1.12 bits per heavy atom. The Morgan fingerprint density at radius 3 is 1.84 bits per heavy atom. The third-order valence-corrected chi connectivity index (χ3v) is 18.5. The van der Waals surface area contributed by atoms with Gasteiger partial charge < -0.3 is 9.38 Å². The number of benzene rings is 8. The van der Waals surface area contributed by atoms with Crippen molar-refractivity contribution < 1.29 is 0 Å². The zero-order valence-corrected chi connectivity index (χ0v) is 35.1. The Hall–Kier alpha value is -6.10. The van der Waals surface area contributed by atoms with Crippen molar-refractivity contribution >= 4 is 96.2 Å². The molecule has 0 bridgehead atoms. The molecule has 4 heterocycles. The molecule has 0 atom stereocenters. The molecular formula is C54H45BN2Si. The molecule has 0 unspecified atom stereocenters. The first-order valence-electron chi connectivity index (χ1n) is 20.9. The summed E-state index contributed by atoms with van der Waals surface area (Å²) >= 11 is 0. The van der Waals surface area contributed by atoms with E-state index in [1.807, 2.05) is 0 Å². The smallest absolute Gasteiger partial charge is 0.333 e. The van der Waals surface area contributed by atoms with Gasteiger partial charge in [-0.05, 0) is 101 Å². The van der Waals surface area contributed by atoms with Gasteiger partial charge in [0, 0.05) is 44.1 Å². The zero-order valence-electron chi connectivity index (χ0n) is 34.1. The molecule has 0 aliphatic carbocycles. The molecule has 4 heteroatoms. The van der Waals surface area contributed by atoms with Gasteiger partial charge in [0.2, 0.25) is 0 Å². The van der Waals surface area contributed by atoms with Crippen molar-refractivity contribution in [2.75, 3.05) is 4.90 Å². The van der Waals surface area contributed by atoms with Gasteiger partial charge in [-0.25, -0.2) is 0 Å². The van der Waals surface area contributed by atoms with Crippen molar-refractivity contribution in [1.29, 1.82) is 0 Å². The highest BCUT2D eigenvalue weighted by molar-refractivity contribution is 7.21. The number of hydrogen-bond acceptors (Lipinski definition) is 1. The lowest BCUT2D eigenvalue weighted by Gasteiger charge is -2.50. The molecule has 3 aliphatic rings. The van der Waals surface area contributed by atoms with E-state index >= 15 is 0 Å². The maximum absolute atomic E-state index is 2.84. The zero-order chi connectivity index (χ0) is 39.3. The van der Waals surface area contributed by atoms with Crippen molar-refractivity contribution in [2.24, 2.45) is 0 Å². The van der Waals surface area contributed by atoms with Crippen molar-refractivity contribution in [3.63, 3.8) is 0 Å². The van der Waals surface area contributed by atoms with E-state index in [9.17, 15) is 0 Å². The fraction of sp³-hybridized carbons (Fsp3) is 0.148. The van der Waals surface area contributed by atoms with Crippen LogP contribution in [0.4, 0.5) is 17.1 Å². The van der Waals surface area contributed by atoms with Crippen molar-refractivity contribution in [2.45, 2.75) is 52.4 Å². The molecular weight excluding hydrogens is 716 g/mol. The number of aromatic nitrogens is 1. The molecule has 8 aromatic carbocycles. The van der Waals surface area contributed by atoms with Gasteiger partial charge in [-0.15, -0.1) is 0 Å². The summed E-state index contributed by atoms with van der Waals surface area (Å²) in [6.07, 6.45) is 0. The van der Waals surface area contributed by atoms with Crippen molar-refractivity contribution in [3.8, 4) is 11.1 Å². The Balaban J connectivity index is 1.31. The fourth-order valence-electron chi connectivity index (χ4n) is 11.0. The van der Waals surface area contributed by atoms with Crippen LogP contribution in [0, 0.1) is 0 Å². The Kier molecular flexibility index (Phi) is 6.75. The molecule has 2 nitrogen and oxygen atoms in total. The summed E-state index contributed by atoms with van der Waals surface area (Å²) in [5.41, 5.74) is 14.9. The minimum atomic E-state index is -2.84. The molecule has 0 saturated heterocycles. The van der Waals surface area contributed by atoms with E-state index < -0.39 is 8.07 Å². The van der Waals surface area contributed by atoms with Crippen LogP contribution in [-0.4, -0.2) is 19.4 Å². The number of para-hydroxylation sites is 2. The summed E-state index contributed by atoms with van der Waals surface area (Å²) in [4.78, 5) is 2.70. The Morgan fingerprint density at radius 1 is 0.483 bits per heavy atom. The SMILES string of the molecule is CC(C)(C)c1ccc2c(c1)c1cc(C(C)(C)C)cc3c1n2B1c2cccc4c2N(c2ccccc2[Si]4(c2ccccc2)c2ccccc2)c2c1c-3cc1ccccc21. The number of fused-ring (bicyclic) bond motifs is 11. The molecule has 0 saturated carbocycles. The van der Waals surface area contributed by atoms with Crippen LogP contribution in [0.5, 0.6) is 0 Å². The van der Waals surface area contributed by atoms with Crippen molar-refractivity contribution in [3.05, 3.63) is 175 Å². The van der Waals surface area contributed by atoms with E-state index in [1.54, 1.807) is 0 Å². The van der Waals surface area contributed by atoms with Crippen LogP contribution < -0.4 is 36.6 Å². The molecule has 0 N–H and O–H groups in total. The highest BCUT2D eigenvalue weighted by Crippen LogP contribution is 2.50. The number of nitrogens with zero attached hydrogens (tertiary/aromatic N) is 2. The largest absolute Gasteiger partial charge is 0.375 e. The topological polar surface area (TPSA) is 8.17 Å². The predicted molar refractivity (Wildman–Crippen MR) is 252 cm³/mol. The molecule has 0 spiro atoms. The second-order valence-electron chi connectivity index (χ2n) is 18.9. The van der Waals surface area contributed by atoms with Crippen LogP contribution in [0.15, 0.2) is 164 Å². The molecule has 12 rings (SSSR count). The minimum Gasteiger partial charge on any atom is -0.375 e. The van der Waals surface area contributed by atoms with Crippen LogP contribution in [-0.2, 0) is 10.8 Å². The summed E-state index contributed by atoms with van der Waals surface area (Å²) in [6, 6.07) is 63.6. The first-order chi connectivity index (χ1) is 28.1. The minimum absolute atomic E-state index is 0.0159. The van der Waals surface area contributed by atoms with E-state index in [-0.39, 0.29) is 17.7 Å². The number of anilines is 3. The standard InChI is InChI=1S/C54H45BN2Si/c1-53(2,3)35-28-29-45-40(31-35)42-32-36(54(4,5)6)33-43-41-30-34-18-13-14-23-39(34)51-49(41)55(57(45)50(42)43)44-24-17-27-48-52(44)56(51)46-25-15-16-26-47(46)58(48,37-19-9-7-10-20-37)38-21-11-8-12-22-38/h7-33H,1-6H3. The van der Waals surface area contributed by atoms with E-state index in [1.165, 1.54) is 104 Å².